The van der Waals surface area contributed by atoms with Gasteiger partial charge in [-0.15, -0.1) is 11.3 Å². The molecule has 2 aromatic rings. The lowest BCUT2D eigenvalue weighted by Gasteiger charge is -2.06. The highest BCUT2D eigenvalue weighted by Gasteiger charge is 2.16. The van der Waals surface area contributed by atoms with Crippen LogP contribution >= 0.6 is 11.3 Å². The van der Waals surface area contributed by atoms with Crippen LogP contribution in [-0.4, -0.2) is 10.9 Å². The zero-order valence-electron chi connectivity index (χ0n) is 11.8. The summed E-state index contributed by atoms with van der Waals surface area (Å²) in [6, 6.07) is 5.78. The number of carbonyl (C=O) groups is 1. The van der Waals surface area contributed by atoms with Crippen molar-refractivity contribution in [2.24, 2.45) is 0 Å². The zero-order chi connectivity index (χ0) is 14.1. The average Bonchev–Trinajstić information content (AvgIpc) is 2.83. The quantitative estimate of drug-likeness (QED) is 0.910. The molecule has 20 heavy (non-hydrogen) atoms. The molecule has 1 amide bonds. The number of rotatable bonds is 2. The summed E-state index contributed by atoms with van der Waals surface area (Å²) in [6.07, 6.45) is 4.60. The van der Waals surface area contributed by atoms with Crippen LogP contribution in [0.4, 0.5) is 5.13 Å². The standard InChI is InChI=1S/C16H18N2OS/c1-10-7-8-12(9-11(10)2)15(19)18-16-17-13-5-3-4-6-14(13)20-16/h7-9H,3-6H2,1-2H3,(H,17,18,19). The number of hydrogen-bond donors (Lipinski definition) is 1. The van der Waals surface area contributed by atoms with Gasteiger partial charge in [-0.05, 0) is 62.8 Å². The predicted octanol–water partition coefficient (Wildman–Crippen LogP) is 3.89. The van der Waals surface area contributed by atoms with E-state index in [2.05, 4.69) is 10.3 Å². The molecule has 1 heterocycles. The van der Waals surface area contributed by atoms with Crippen LogP contribution in [0.15, 0.2) is 18.2 Å². The molecular weight excluding hydrogens is 268 g/mol. The number of fused-ring (bicyclic) bond motifs is 1. The van der Waals surface area contributed by atoms with Gasteiger partial charge < -0.3 is 0 Å². The summed E-state index contributed by atoms with van der Waals surface area (Å²) in [5, 5.41) is 3.67. The van der Waals surface area contributed by atoms with Crippen LogP contribution in [0.1, 0.15) is 44.9 Å². The first kappa shape index (κ1) is 13.3. The number of anilines is 1. The molecule has 3 nitrogen and oxygen atoms in total. The molecule has 4 heteroatoms. The normalized spacial score (nSPS) is 13.9. The van der Waals surface area contributed by atoms with Crippen LogP contribution in [-0.2, 0) is 12.8 Å². The van der Waals surface area contributed by atoms with Gasteiger partial charge in [0.05, 0.1) is 5.69 Å². The van der Waals surface area contributed by atoms with Crippen molar-refractivity contribution in [3.8, 4) is 0 Å². The zero-order valence-corrected chi connectivity index (χ0v) is 12.6. The predicted molar refractivity (Wildman–Crippen MR) is 82.6 cm³/mol. The van der Waals surface area contributed by atoms with Crippen molar-refractivity contribution < 1.29 is 4.79 Å². The Balaban J connectivity index is 1.78. The van der Waals surface area contributed by atoms with Gasteiger partial charge in [0.2, 0.25) is 0 Å². The minimum Gasteiger partial charge on any atom is -0.298 e. The molecule has 1 N–H and O–H groups in total. The lowest BCUT2D eigenvalue weighted by atomic mass is 10.0. The summed E-state index contributed by atoms with van der Waals surface area (Å²) < 4.78 is 0. The van der Waals surface area contributed by atoms with Crippen molar-refractivity contribution >= 4 is 22.4 Å². The summed E-state index contributed by atoms with van der Waals surface area (Å²) in [5.74, 6) is -0.0702. The van der Waals surface area contributed by atoms with Gasteiger partial charge in [0.1, 0.15) is 0 Å². The first-order valence-electron chi connectivity index (χ1n) is 7.00. The minimum atomic E-state index is -0.0702. The largest absolute Gasteiger partial charge is 0.298 e. The molecule has 0 aliphatic heterocycles. The van der Waals surface area contributed by atoms with Crippen molar-refractivity contribution in [3.05, 3.63) is 45.5 Å². The van der Waals surface area contributed by atoms with Crippen molar-refractivity contribution in [2.75, 3.05) is 5.32 Å². The lowest BCUT2D eigenvalue weighted by Crippen LogP contribution is -2.12. The fraction of sp³-hybridized carbons (Fsp3) is 0.375. The van der Waals surface area contributed by atoms with E-state index < -0.39 is 0 Å². The molecule has 3 rings (SSSR count). The molecule has 1 aromatic carbocycles. The molecule has 0 spiro atoms. The van der Waals surface area contributed by atoms with Gasteiger partial charge in [-0.3, -0.25) is 10.1 Å². The maximum atomic E-state index is 12.2. The lowest BCUT2D eigenvalue weighted by molar-refractivity contribution is 0.102. The van der Waals surface area contributed by atoms with Crippen LogP contribution in [0.2, 0.25) is 0 Å². The topological polar surface area (TPSA) is 42.0 Å². The Morgan fingerprint density at radius 1 is 1.20 bits per heavy atom. The fourth-order valence-electron chi connectivity index (χ4n) is 2.46. The number of aromatic nitrogens is 1. The second kappa shape index (κ2) is 5.37. The minimum absolute atomic E-state index is 0.0702. The van der Waals surface area contributed by atoms with E-state index in [1.807, 2.05) is 32.0 Å². The highest BCUT2D eigenvalue weighted by molar-refractivity contribution is 7.15. The summed E-state index contributed by atoms with van der Waals surface area (Å²) >= 11 is 1.62. The van der Waals surface area contributed by atoms with Crippen LogP contribution < -0.4 is 5.32 Å². The van der Waals surface area contributed by atoms with E-state index in [1.54, 1.807) is 11.3 Å². The first-order chi connectivity index (χ1) is 9.63. The first-order valence-corrected chi connectivity index (χ1v) is 7.82. The number of amides is 1. The van der Waals surface area contributed by atoms with E-state index in [9.17, 15) is 4.79 Å². The van der Waals surface area contributed by atoms with Crippen LogP contribution in [0.5, 0.6) is 0 Å². The van der Waals surface area contributed by atoms with Gasteiger partial charge in [-0.1, -0.05) is 6.07 Å². The monoisotopic (exact) mass is 286 g/mol. The molecule has 1 aliphatic carbocycles. The van der Waals surface area contributed by atoms with Gasteiger partial charge in [0.25, 0.3) is 5.91 Å². The number of aryl methyl sites for hydroxylation is 4. The maximum absolute atomic E-state index is 12.2. The van der Waals surface area contributed by atoms with Crippen molar-refractivity contribution in [1.29, 1.82) is 0 Å². The van der Waals surface area contributed by atoms with E-state index in [0.717, 1.165) is 23.5 Å². The summed E-state index contributed by atoms with van der Waals surface area (Å²) in [7, 11) is 0. The van der Waals surface area contributed by atoms with E-state index >= 15 is 0 Å². The van der Waals surface area contributed by atoms with Crippen molar-refractivity contribution in [1.82, 2.24) is 4.98 Å². The Morgan fingerprint density at radius 3 is 2.75 bits per heavy atom. The third kappa shape index (κ3) is 2.61. The average molecular weight is 286 g/mol. The Kier molecular flexibility index (Phi) is 3.57. The van der Waals surface area contributed by atoms with E-state index in [0.29, 0.717) is 5.56 Å². The summed E-state index contributed by atoms with van der Waals surface area (Å²) in [5.41, 5.74) is 4.21. The van der Waals surface area contributed by atoms with E-state index in [1.165, 1.54) is 29.0 Å². The number of benzene rings is 1. The Labute approximate surface area is 123 Å². The van der Waals surface area contributed by atoms with Crippen molar-refractivity contribution in [3.63, 3.8) is 0 Å². The summed E-state index contributed by atoms with van der Waals surface area (Å²) in [4.78, 5) is 18.1. The van der Waals surface area contributed by atoms with Crippen molar-refractivity contribution in [2.45, 2.75) is 39.5 Å². The molecule has 0 fully saturated rings. The third-order valence-electron chi connectivity index (χ3n) is 3.84. The summed E-state index contributed by atoms with van der Waals surface area (Å²) in [6.45, 7) is 4.07. The molecule has 0 bridgehead atoms. The van der Waals surface area contributed by atoms with E-state index in [4.69, 9.17) is 0 Å². The van der Waals surface area contributed by atoms with Gasteiger partial charge in [0.15, 0.2) is 5.13 Å². The molecule has 1 aliphatic rings. The van der Waals surface area contributed by atoms with E-state index in [-0.39, 0.29) is 5.91 Å². The molecular formula is C16H18N2OS. The number of nitrogens with zero attached hydrogens (tertiary/aromatic N) is 1. The molecule has 1 aromatic heterocycles. The molecule has 0 radical (unpaired) electrons. The third-order valence-corrected chi connectivity index (χ3v) is 4.91. The molecule has 0 saturated heterocycles. The molecule has 0 atom stereocenters. The number of carbonyl (C=O) groups excluding carboxylic acids is 1. The maximum Gasteiger partial charge on any atom is 0.257 e. The van der Waals surface area contributed by atoms with Crippen LogP contribution in [0, 0.1) is 13.8 Å². The second-order valence-electron chi connectivity index (χ2n) is 5.35. The Hall–Kier alpha value is -1.68. The van der Waals surface area contributed by atoms with Gasteiger partial charge in [-0.25, -0.2) is 4.98 Å². The highest BCUT2D eigenvalue weighted by Crippen LogP contribution is 2.29. The number of nitrogens with one attached hydrogen (secondary N) is 1. The Bertz CT molecular complexity index is 637. The molecule has 0 saturated carbocycles. The number of thiazole rings is 1. The fourth-order valence-corrected chi connectivity index (χ4v) is 3.50. The van der Waals surface area contributed by atoms with Crippen LogP contribution in [0.3, 0.4) is 0 Å². The van der Waals surface area contributed by atoms with Crippen LogP contribution in [0.25, 0.3) is 0 Å². The number of hydrogen-bond acceptors (Lipinski definition) is 3. The Morgan fingerprint density at radius 2 is 2.00 bits per heavy atom. The SMILES string of the molecule is Cc1ccc(C(=O)Nc2nc3c(s2)CCCC3)cc1C. The highest BCUT2D eigenvalue weighted by atomic mass is 32.1. The smallest absolute Gasteiger partial charge is 0.257 e. The van der Waals surface area contributed by atoms with Gasteiger partial charge >= 0.3 is 0 Å². The van der Waals surface area contributed by atoms with Gasteiger partial charge in [0, 0.05) is 10.4 Å². The molecule has 0 unspecified atom stereocenters. The second-order valence-corrected chi connectivity index (χ2v) is 6.43. The molecule has 104 valence electrons. The van der Waals surface area contributed by atoms with Gasteiger partial charge in [-0.2, -0.15) is 0 Å².